The summed E-state index contributed by atoms with van der Waals surface area (Å²) in [5.74, 6) is -0.169. The van der Waals surface area contributed by atoms with Crippen LogP contribution in [0.3, 0.4) is 0 Å². The van der Waals surface area contributed by atoms with Crippen LogP contribution < -0.4 is 4.90 Å². The van der Waals surface area contributed by atoms with Crippen LogP contribution >= 0.6 is 0 Å². The van der Waals surface area contributed by atoms with Crippen molar-refractivity contribution < 1.29 is 9.90 Å². The molecule has 19 heavy (non-hydrogen) atoms. The summed E-state index contributed by atoms with van der Waals surface area (Å²) in [5, 5.41) is 9.16. The zero-order chi connectivity index (χ0) is 13.4. The van der Waals surface area contributed by atoms with Gasteiger partial charge in [-0.2, -0.15) is 0 Å². The number of rotatable bonds is 2. The summed E-state index contributed by atoms with van der Waals surface area (Å²) in [4.78, 5) is 22.1. The van der Waals surface area contributed by atoms with Gasteiger partial charge in [0.1, 0.15) is 5.82 Å². The van der Waals surface area contributed by atoms with Gasteiger partial charge in [0.2, 0.25) is 0 Å². The Balaban J connectivity index is 1.91. The van der Waals surface area contributed by atoms with E-state index in [0.29, 0.717) is 13.1 Å². The highest BCUT2D eigenvalue weighted by atomic mass is 16.4. The summed E-state index contributed by atoms with van der Waals surface area (Å²) in [6.07, 6.45) is 1.72. The summed E-state index contributed by atoms with van der Waals surface area (Å²) < 4.78 is 0. The molecule has 3 rings (SSSR count). The number of carboxylic acid groups (broad SMARTS) is 1. The van der Waals surface area contributed by atoms with E-state index in [1.165, 1.54) is 0 Å². The molecule has 1 fully saturated rings. The van der Waals surface area contributed by atoms with Crippen molar-refractivity contribution in [1.29, 1.82) is 0 Å². The minimum atomic E-state index is -0.733. The van der Waals surface area contributed by atoms with Crippen molar-refractivity contribution >= 4 is 22.8 Å². The Bertz CT molecular complexity index is 629. The highest BCUT2D eigenvalue weighted by Gasteiger charge is 2.35. The van der Waals surface area contributed by atoms with Crippen LogP contribution in [0.25, 0.3) is 11.0 Å². The van der Waals surface area contributed by atoms with Crippen molar-refractivity contribution in [2.24, 2.45) is 11.8 Å². The Kier molecular flexibility index (Phi) is 2.81. The van der Waals surface area contributed by atoms with Gasteiger partial charge in [-0.05, 0) is 18.1 Å². The molecular weight excluding hydrogens is 242 g/mol. The first-order chi connectivity index (χ1) is 9.15. The second kappa shape index (κ2) is 4.50. The van der Waals surface area contributed by atoms with Crippen LogP contribution in [-0.4, -0.2) is 34.1 Å². The summed E-state index contributed by atoms with van der Waals surface area (Å²) in [7, 11) is 0. The number of hydrogen-bond acceptors (Lipinski definition) is 4. The van der Waals surface area contributed by atoms with Crippen LogP contribution in [0.4, 0.5) is 5.82 Å². The molecule has 1 aromatic carbocycles. The summed E-state index contributed by atoms with van der Waals surface area (Å²) in [6, 6.07) is 7.68. The number of aliphatic carboxylic acids is 1. The normalized spacial score (nSPS) is 22.9. The monoisotopic (exact) mass is 257 g/mol. The number of hydrogen-bond donors (Lipinski definition) is 1. The lowest BCUT2D eigenvalue weighted by Crippen LogP contribution is -2.23. The molecule has 2 atom stereocenters. The van der Waals surface area contributed by atoms with Gasteiger partial charge in [-0.25, -0.2) is 4.98 Å². The zero-order valence-corrected chi connectivity index (χ0v) is 10.7. The molecule has 1 N–H and O–H groups in total. The standard InChI is InChI=1S/C14H15N3O2/c1-9-7-17(8-10(9)14(18)19)13-6-15-11-4-2-3-5-12(11)16-13/h2-6,9-10H,7-8H2,1H3,(H,18,19). The van der Waals surface area contributed by atoms with E-state index in [2.05, 4.69) is 9.97 Å². The van der Waals surface area contributed by atoms with Crippen molar-refractivity contribution in [1.82, 2.24) is 9.97 Å². The number of fused-ring (bicyclic) bond motifs is 1. The van der Waals surface area contributed by atoms with Gasteiger partial charge in [0, 0.05) is 13.1 Å². The van der Waals surface area contributed by atoms with Gasteiger partial charge in [-0.3, -0.25) is 9.78 Å². The summed E-state index contributed by atoms with van der Waals surface area (Å²) >= 11 is 0. The first kappa shape index (κ1) is 11.9. The molecule has 0 spiro atoms. The number of carbonyl (C=O) groups is 1. The number of anilines is 1. The molecular formula is C14H15N3O2. The van der Waals surface area contributed by atoms with Gasteiger partial charge < -0.3 is 10.0 Å². The lowest BCUT2D eigenvalue weighted by Gasteiger charge is -2.16. The van der Waals surface area contributed by atoms with Crippen LogP contribution in [0, 0.1) is 11.8 Å². The van der Waals surface area contributed by atoms with E-state index in [-0.39, 0.29) is 11.8 Å². The molecule has 0 bridgehead atoms. The van der Waals surface area contributed by atoms with Crippen LogP contribution in [0.15, 0.2) is 30.5 Å². The average Bonchev–Trinajstić information content (AvgIpc) is 2.80. The molecule has 0 amide bonds. The van der Waals surface area contributed by atoms with Crippen LogP contribution in [0.1, 0.15) is 6.92 Å². The highest BCUT2D eigenvalue weighted by molar-refractivity contribution is 5.76. The number of benzene rings is 1. The lowest BCUT2D eigenvalue weighted by molar-refractivity contribution is -0.142. The highest BCUT2D eigenvalue weighted by Crippen LogP contribution is 2.27. The Labute approximate surface area is 110 Å². The molecule has 1 saturated heterocycles. The maximum Gasteiger partial charge on any atom is 0.308 e. The Morgan fingerprint density at radius 2 is 2.05 bits per heavy atom. The minimum Gasteiger partial charge on any atom is -0.481 e. The molecule has 1 aromatic heterocycles. The fourth-order valence-corrected chi connectivity index (χ4v) is 2.58. The fourth-order valence-electron chi connectivity index (χ4n) is 2.58. The van der Waals surface area contributed by atoms with Gasteiger partial charge in [-0.1, -0.05) is 19.1 Å². The van der Waals surface area contributed by atoms with Crippen molar-refractivity contribution in [2.45, 2.75) is 6.92 Å². The first-order valence-electron chi connectivity index (χ1n) is 6.34. The number of para-hydroxylation sites is 2. The van der Waals surface area contributed by atoms with E-state index in [1.54, 1.807) is 6.20 Å². The van der Waals surface area contributed by atoms with Crippen molar-refractivity contribution in [3.05, 3.63) is 30.5 Å². The maximum absolute atomic E-state index is 11.1. The van der Waals surface area contributed by atoms with Gasteiger partial charge in [0.15, 0.2) is 0 Å². The third-order valence-corrected chi connectivity index (χ3v) is 3.69. The Hall–Kier alpha value is -2.17. The molecule has 5 heteroatoms. The van der Waals surface area contributed by atoms with Crippen molar-refractivity contribution in [3.63, 3.8) is 0 Å². The van der Waals surface area contributed by atoms with Crippen molar-refractivity contribution in [3.8, 4) is 0 Å². The molecule has 0 radical (unpaired) electrons. The minimum absolute atomic E-state index is 0.130. The summed E-state index contributed by atoms with van der Waals surface area (Å²) in [5.41, 5.74) is 1.69. The molecule has 0 saturated carbocycles. The molecule has 1 aliphatic heterocycles. The van der Waals surface area contributed by atoms with Gasteiger partial charge in [-0.15, -0.1) is 0 Å². The van der Waals surface area contributed by atoms with Gasteiger partial charge >= 0.3 is 5.97 Å². The summed E-state index contributed by atoms with van der Waals surface area (Å²) in [6.45, 7) is 3.18. The predicted molar refractivity (Wildman–Crippen MR) is 72.0 cm³/mol. The van der Waals surface area contributed by atoms with Crippen LogP contribution in [0.2, 0.25) is 0 Å². The molecule has 2 unspecified atom stereocenters. The molecule has 5 nitrogen and oxygen atoms in total. The quantitative estimate of drug-likeness (QED) is 0.888. The van der Waals surface area contributed by atoms with E-state index in [0.717, 1.165) is 16.9 Å². The topological polar surface area (TPSA) is 66.3 Å². The van der Waals surface area contributed by atoms with Crippen LogP contribution in [0.5, 0.6) is 0 Å². The van der Waals surface area contributed by atoms with Crippen LogP contribution in [-0.2, 0) is 4.79 Å². The first-order valence-corrected chi connectivity index (χ1v) is 6.34. The largest absolute Gasteiger partial charge is 0.481 e. The lowest BCUT2D eigenvalue weighted by atomic mass is 9.99. The molecule has 1 aliphatic rings. The Morgan fingerprint density at radius 1 is 1.32 bits per heavy atom. The number of aromatic nitrogens is 2. The van der Waals surface area contributed by atoms with E-state index in [1.807, 2.05) is 36.1 Å². The molecule has 2 aromatic rings. The molecule has 2 heterocycles. The van der Waals surface area contributed by atoms with Gasteiger partial charge in [0.05, 0.1) is 23.1 Å². The maximum atomic E-state index is 11.1. The number of nitrogens with zero attached hydrogens (tertiary/aromatic N) is 3. The SMILES string of the molecule is CC1CN(c2cnc3ccccc3n2)CC1C(=O)O. The fraction of sp³-hybridized carbons (Fsp3) is 0.357. The van der Waals surface area contributed by atoms with E-state index >= 15 is 0 Å². The molecule has 98 valence electrons. The van der Waals surface area contributed by atoms with Crippen molar-refractivity contribution in [2.75, 3.05) is 18.0 Å². The third kappa shape index (κ3) is 2.12. The smallest absolute Gasteiger partial charge is 0.308 e. The number of carboxylic acids is 1. The zero-order valence-electron chi connectivity index (χ0n) is 10.7. The average molecular weight is 257 g/mol. The van der Waals surface area contributed by atoms with E-state index < -0.39 is 5.97 Å². The second-order valence-corrected chi connectivity index (χ2v) is 5.04. The van der Waals surface area contributed by atoms with E-state index in [4.69, 9.17) is 5.11 Å². The van der Waals surface area contributed by atoms with E-state index in [9.17, 15) is 4.79 Å². The third-order valence-electron chi connectivity index (χ3n) is 3.69. The Morgan fingerprint density at radius 3 is 2.74 bits per heavy atom. The molecule has 0 aliphatic carbocycles. The predicted octanol–water partition coefficient (Wildman–Crippen LogP) is 1.79. The van der Waals surface area contributed by atoms with Gasteiger partial charge in [0.25, 0.3) is 0 Å². The second-order valence-electron chi connectivity index (χ2n) is 5.04.